The highest BCUT2D eigenvalue weighted by atomic mass is 35.5. The van der Waals surface area contributed by atoms with E-state index < -0.39 is 17.2 Å². The average molecular weight is 392 g/mol. The monoisotopic (exact) mass is 391 g/mol. The van der Waals surface area contributed by atoms with Crippen LogP contribution in [0.2, 0.25) is 5.02 Å². The fourth-order valence-corrected chi connectivity index (χ4v) is 3.64. The second kappa shape index (κ2) is 7.11. The molecule has 1 fully saturated rings. The van der Waals surface area contributed by atoms with E-state index in [1.54, 1.807) is 12.4 Å². The van der Waals surface area contributed by atoms with Gasteiger partial charge in [0, 0.05) is 37.5 Å². The van der Waals surface area contributed by atoms with Crippen LogP contribution in [-0.2, 0) is 0 Å². The van der Waals surface area contributed by atoms with E-state index in [-0.39, 0.29) is 16.6 Å². The van der Waals surface area contributed by atoms with Crippen molar-refractivity contribution in [1.82, 2.24) is 19.7 Å². The summed E-state index contributed by atoms with van der Waals surface area (Å²) in [6, 6.07) is 2.92. The van der Waals surface area contributed by atoms with Crippen LogP contribution in [0, 0.1) is 11.6 Å². The first-order valence-corrected chi connectivity index (χ1v) is 8.90. The molecule has 0 aliphatic carbocycles. The number of hydrogen-bond acceptors (Lipinski definition) is 4. The van der Waals surface area contributed by atoms with Gasteiger partial charge in [0.15, 0.2) is 5.82 Å². The van der Waals surface area contributed by atoms with Crippen LogP contribution in [0.1, 0.15) is 24.6 Å². The van der Waals surface area contributed by atoms with Crippen LogP contribution in [0.3, 0.4) is 0 Å². The molecule has 1 aromatic carbocycles. The first-order valence-electron chi connectivity index (χ1n) is 8.52. The summed E-state index contributed by atoms with van der Waals surface area (Å²) < 4.78 is 28.0. The lowest BCUT2D eigenvalue weighted by Crippen LogP contribution is -2.36. The number of nitrogens with zero attached hydrogens (tertiary/aromatic N) is 4. The van der Waals surface area contributed by atoms with E-state index in [4.69, 9.17) is 11.6 Å². The Balaban J connectivity index is 1.67. The largest absolute Gasteiger partial charge is 0.368 e. The van der Waals surface area contributed by atoms with Crippen molar-refractivity contribution in [2.75, 3.05) is 18.0 Å². The molecule has 1 unspecified atom stereocenters. The molecule has 0 amide bonds. The van der Waals surface area contributed by atoms with Crippen LogP contribution in [0.4, 0.5) is 14.5 Å². The molecule has 0 saturated carbocycles. The van der Waals surface area contributed by atoms with E-state index in [2.05, 4.69) is 15.1 Å². The van der Waals surface area contributed by atoms with Gasteiger partial charge < -0.3 is 9.88 Å². The number of imidazole rings is 1. The fourth-order valence-electron chi connectivity index (χ4n) is 3.39. The van der Waals surface area contributed by atoms with Gasteiger partial charge in [-0.3, -0.25) is 4.79 Å². The predicted molar refractivity (Wildman–Crippen MR) is 97.5 cm³/mol. The van der Waals surface area contributed by atoms with E-state index in [9.17, 15) is 13.6 Å². The highest BCUT2D eigenvalue weighted by molar-refractivity contribution is 6.33. The normalized spacial score (nSPS) is 17.3. The first-order chi connectivity index (χ1) is 13.0. The number of aromatic amines is 1. The summed E-state index contributed by atoms with van der Waals surface area (Å²) >= 11 is 6.30. The lowest BCUT2D eigenvalue weighted by atomic mass is 9.97. The van der Waals surface area contributed by atoms with Gasteiger partial charge in [-0.2, -0.15) is 9.78 Å². The third kappa shape index (κ3) is 3.32. The van der Waals surface area contributed by atoms with Crippen molar-refractivity contribution in [2.24, 2.45) is 0 Å². The van der Waals surface area contributed by atoms with Crippen LogP contribution in [0.25, 0.3) is 5.69 Å². The van der Waals surface area contributed by atoms with E-state index in [0.717, 1.165) is 42.0 Å². The number of nitrogens with one attached hydrogen (secondary N) is 1. The molecule has 1 N–H and O–H groups in total. The average Bonchev–Trinajstić information content (AvgIpc) is 3.19. The maximum absolute atomic E-state index is 14.0. The molecule has 0 bridgehead atoms. The van der Waals surface area contributed by atoms with Gasteiger partial charge in [0.05, 0.1) is 11.9 Å². The van der Waals surface area contributed by atoms with E-state index in [0.29, 0.717) is 18.3 Å². The van der Waals surface area contributed by atoms with Crippen molar-refractivity contribution in [3.05, 3.63) is 69.6 Å². The van der Waals surface area contributed by atoms with Gasteiger partial charge in [0.1, 0.15) is 22.4 Å². The molecule has 1 aliphatic rings. The Kier molecular flexibility index (Phi) is 4.65. The minimum absolute atomic E-state index is 0.0474. The van der Waals surface area contributed by atoms with Gasteiger partial charge in [-0.05, 0) is 25.0 Å². The second-order valence-corrected chi connectivity index (χ2v) is 6.79. The summed E-state index contributed by atoms with van der Waals surface area (Å²) in [6.45, 7) is 1.37. The van der Waals surface area contributed by atoms with Gasteiger partial charge in [-0.1, -0.05) is 11.6 Å². The Bertz CT molecular complexity index is 1020. The maximum Gasteiger partial charge on any atom is 0.292 e. The summed E-state index contributed by atoms with van der Waals surface area (Å²) in [5, 5.41) is 4.01. The molecule has 1 atom stereocenters. The summed E-state index contributed by atoms with van der Waals surface area (Å²) in [6.07, 6.45) is 6.82. The third-order valence-electron chi connectivity index (χ3n) is 4.71. The van der Waals surface area contributed by atoms with E-state index >= 15 is 0 Å². The molecule has 4 rings (SSSR count). The zero-order valence-corrected chi connectivity index (χ0v) is 15.0. The van der Waals surface area contributed by atoms with Crippen molar-refractivity contribution in [2.45, 2.75) is 18.8 Å². The fraction of sp³-hybridized carbons (Fsp3) is 0.278. The molecule has 27 heavy (non-hydrogen) atoms. The molecular formula is C18H16ClF2N5O. The van der Waals surface area contributed by atoms with Crippen LogP contribution in [0.15, 0.2) is 41.6 Å². The maximum atomic E-state index is 14.0. The van der Waals surface area contributed by atoms with Crippen LogP contribution < -0.4 is 10.5 Å². The molecule has 3 heterocycles. The van der Waals surface area contributed by atoms with Gasteiger partial charge in [0.25, 0.3) is 5.56 Å². The molecule has 9 heteroatoms. The number of hydrogen-bond donors (Lipinski definition) is 1. The van der Waals surface area contributed by atoms with E-state index in [1.807, 2.05) is 4.90 Å². The minimum atomic E-state index is -0.885. The Morgan fingerprint density at radius 3 is 2.85 bits per heavy atom. The standard InChI is InChI=1S/C18H16ClF2N5O/c19-16-15(25-7-1-2-11(10-25)17-22-5-6-23-17)9-24-26(18(16)27)14-4-3-12(20)8-13(14)21/h3-6,8-9,11H,1-2,7,10H2,(H,22,23). The summed E-state index contributed by atoms with van der Waals surface area (Å²) in [4.78, 5) is 22.1. The molecule has 1 aliphatic heterocycles. The lowest BCUT2D eigenvalue weighted by Gasteiger charge is -2.33. The Labute approximate surface area is 158 Å². The molecule has 0 radical (unpaired) electrons. The number of aromatic nitrogens is 4. The van der Waals surface area contributed by atoms with Crippen molar-refractivity contribution >= 4 is 17.3 Å². The molecule has 3 aromatic rings. The number of piperidine rings is 1. The summed E-state index contributed by atoms with van der Waals surface area (Å²) in [5.41, 5.74) is -0.307. The Hall–Kier alpha value is -2.74. The number of benzene rings is 1. The van der Waals surface area contributed by atoms with Crippen molar-refractivity contribution < 1.29 is 8.78 Å². The Morgan fingerprint density at radius 1 is 1.26 bits per heavy atom. The zero-order valence-electron chi connectivity index (χ0n) is 14.2. The topological polar surface area (TPSA) is 66.8 Å². The van der Waals surface area contributed by atoms with Crippen molar-refractivity contribution in [1.29, 1.82) is 0 Å². The van der Waals surface area contributed by atoms with Gasteiger partial charge >= 0.3 is 0 Å². The van der Waals surface area contributed by atoms with Gasteiger partial charge in [-0.25, -0.2) is 13.8 Å². The molecule has 0 spiro atoms. The summed E-state index contributed by atoms with van der Waals surface area (Å²) in [5.74, 6) is -0.527. The predicted octanol–water partition coefficient (Wildman–Crippen LogP) is 3.27. The summed E-state index contributed by atoms with van der Waals surface area (Å²) in [7, 11) is 0. The minimum Gasteiger partial charge on any atom is -0.368 e. The van der Waals surface area contributed by atoms with Gasteiger partial charge in [0.2, 0.25) is 0 Å². The first kappa shape index (κ1) is 17.7. The van der Waals surface area contributed by atoms with Crippen LogP contribution in [-0.4, -0.2) is 32.8 Å². The molecule has 1 saturated heterocycles. The van der Waals surface area contributed by atoms with Crippen molar-refractivity contribution in [3.8, 4) is 5.69 Å². The smallest absolute Gasteiger partial charge is 0.292 e. The number of halogens is 3. The zero-order chi connectivity index (χ0) is 19.0. The second-order valence-electron chi connectivity index (χ2n) is 6.42. The van der Waals surface area contributed by atoms with Gasteiger partial charge in [-0.15, -0.1) is 0 Å². The highest BCUT2D eigenvalue weighted by Gasteiger charge is 2.26. The number of rotatable bonds is 3. The highest BCUT2D eigenvalue weighted by Crippen LogP contribution is 2.30. The molecule has 2 aromatic heterocycles. The van der Waals surface area contributed by atoms with Crippen LogP contribution >= 0.6 is 11.6 Å². The SMILES string of the molecule is O=c1c(Cl)c(N2CCCC(c3ncc[nH]3)C2)cnn1-c1ccc(F)cc1F. The van der Waals surface area contributed by atoms with Crippen LogP contribution in [0.5, 0.6) is 0 Å². The number of anilines is 1. The molecule has 140 valence electrons. The van der Waals surface area contributed by atoms with E-state index in [1.165, 1.54) is 6.20 Å². The van der Waals surface area contributed by atoms with Crippen molar-refractivity contribution in [3.63, 3.8) is 0 Å². The molecule has 6 nitrogen and oxygen atoms in total. The third-order valence-corrected chi connectivity index (χ3v) is 5.06. The molecular weight excluding hydrogens is 376 g/mol. The lowest BCUT2D eigenvalue weighted by molar-refractivity contribution is 0.493. The Morgan fingerprint density at radius 2 is 2.11 bits per heavy atom. The number of H-pyrrole nitrogens is 1. The quantitative estimate of drug-likeness (QED) is 0.744.